The van der Waals surface area contributed by atoms with Gasteiger partial charge in [0.25, 0.3) is 17.5 Å². The summed E-state index contributed by atoms with van der Waals surface area (Å²) >= 11 is 0. The number of benzene rings is 1. The number of hydrogen-bond acceptors (Lipinski definition) is 11. The van der Waals surface area contributed by atoms with Gasteiger partial charge in [-0.1, -0.05) is 37.8 Å². The smallest absolute Gasteiger partial charge is 0.306 e. The summed E-state index contributed by atoms with van der Waals surface area (Å²) in [5.41, 5.74) is -1.53. The van der Waals surface area contributed by atoms with E-state index in [1.807, 2.05) is 0 Å². The summed E-state index contributed by atoms with van der Waals surface area (Å²) in [6, 6.07) is 4.04. The number of amides is 3. The maximum atomic E-state index is 15.0. The molecule has 1 aromatic carbocycles. The third-order valence-electron chi connectivity index (χ3n) is 13.5. The van der Waals surface area contributed by atoms with E-state index in [1.54, 1.807) is 18.2 Å². The number of ether oxygens (including phenoxy) is 3. The van der Waals surface area contributed by atoms with Crippen LogP contribution in [0.25, 0.3) is 10.9 Å². The third-order valence-corrected chi connectivity index (χ3v) is 15.3. The van der Waals surface area contributed by atoms with Gasteiger partial charge in [0.05, 0.1) is 36.6 Å². The van der Waals surface area contributed by atoms with Crippen molar-refractivity contribution < 1.29 is 41.8 Å². The van der Waals surface area contributed by atoms with E-state index in [0.717, 1.165) is 64.2 Å². The fraction of sp³-hybridized carbons (Fsp3) is 0.667. The van der Waals surface area contributed by atoms with Crippen molar-refractivity contribution in [2.45, 2.75) is 138 Å². The number of para-hydroxylation sites is 1. The highest BCUT2D eigenvalue weighted by molar-refractivity contribution is 7.91. The Bertz CT molecular complexity index is 2130. The number of nitrogens with zero attached hydrogens (tertiary/aromatic N) is 3. The summed E-state index contributed by atoms with van der Waals surface area (Å²) in [5, 5.41) is 2.57. The first-order chi connectivity index (χ1) is 27.9. The summed E-state index contributed by atoms with van der Waals surface area (Å²) in [4.78, 5) is 77.3. The van der Waals surface area contributed by atoms with Crippen LogP contribution in [0, 0.1) is 23.7 Å². The largest absolute Gasteiger partial charge is 0.494 e. The zero-order valence-electron chi connectivity index (χ0n) is 33.2. The molecule has 5 fully saturated rings. The standard InChI is InChI=1S/C42H55N5O10S/c1-3-27-23-42(27,40(52)45-58(53,54)29-18-19-29)44-37(49)32-21-28-24-47(32)39(51)31(25-11-6-7-12-25)22-35(48)57-33-16-9-14-26(33)13-5-4-8-20-46-38(50)30-15-10-17-34(55-2)36(30)43-41(46)56-28/h3,10,15,17,25-29,31-33H,1,4-9,11-14,16,18-24H2,2H3,(H,44,49)(H,45,52)/t26-,27+,28-,31+,32+,33-,42-/m1/s1. The van der Waals surface area contributed by atoms with Gasteiger partial charge in [0, 0.05) is 18.9 Å². The number of esters is 1. The first kappa shape index (κ1) is 40.3. The maximum Gasteiger partial charge on any atom is 0.306 e. The van der Waals surface area contributed by atoms with Crippen molar-refractivity contribution in [3.8, 4) is 11.8 Å². The molecule has 8 rings (SSSR count). The predicted molar refractivity (Wildman–Crippen MR) is 212 cm³/mol. The zero-order chi connectivity index (χ0) is 40.8. The lowest BCUT2D eigenvalue weighted by Gasteiger charge is -2.32. The number of rotatable bonds is 8. The molecule has 58 heavy (non-hydrogen) atoms. The number of hydrogen-bond donors (Lipinski definition) is 2. The topological polar surface area (TPSA) is 192 Å². The maximum absolute atomic E-state index is 15.0. The average Bonchev–Trinajstić information content (AvgIpc) is 3.99. The monoisotopic (exact) mass is 821 g/mol. The molecular formula is C42H55N5O10S. The molecule has 2 N–H and O–H groups in total. The molecular weight excluding hydrogens is 767 g/mol. The van der Waals surface area contributed by atoms with Crippen LogP contribution in [0.1, 0.15) is 103 Å². The Morgan fingerprint density at radius 2 is 1.71 bits per heavy atom. The molecule has 1 aromatic heterocycles. The third kappa shape index (κ3) is 7.96. The Balaban J connectivity index is 1.15. The second-order valence-corrected chi connectivity index (χ2v) is 19.3. The van der Waals surface area contributed by atoms with E-state index in [9.17, 15) is 32.4 Å². The number of carbonyl (C=O) groups is 4. The fourth-order valence-corrected chi connectivity index (χ4v) is 11.3. The SMILES string of the molecule is C=C[C@H]1C[C@]1(NC(=O)[C@@H]1C[C@@H]2CN1C(=O)[C@H](C1CCCC1)CC(=O)O[C@@H]1CCC[C@H]1CCCCCn1c(nc3c(OC)cccc3c1=O)O2)C(=O)NS(=O)(=O)C1CC1. The Morgan fingerprint density at radius 3 is 2.43 bits per heavy atom. The second kappa shape index (κ2) is 16.3. The van der Waals surface area contributed by atoms with Crippen molar-refractivity contribution in [3.63, 3.8) is 0 Å². The highest BCUT2D eigenvalue weighted by atomic mass is 32.2. The first-order valence-electron chi connectivity index (χ1n) is 21.2. The van der Waals surface area contributed by atoms with Crippen LogP contribution in [0.15, 0.2) is 35.6 Å². The van der Waals surface area contributed by atoms with Gasteiger partial charge in [-0.15, -0.1) is 6.58 Å². The van der Waals surface area contributed by atoms with Gasteiger partial charge < -0.3 is 24.4 Å². The van der Waals surface area contributed by atoms with Crippen LogP contribution in [0.2, 0.25) is 0 Å². The lowest BCUT2D eigenvalue weighted by atomic mass is 9.86. The van der Waals surface area contributed by atoms with Crippen LogP contribution in [0.4, 0.5) is 0 Å². The van der Waals surface area contributed by atoms with Crippen molar-refractivity contribution in [1.29, 1.82) is 0 Å². The van der Waals surface area contributed by atoms with Gasteiger partial charge in [-0.25, -0.2) is 8.42 Å². The number of methoxy groups -OCH3 is 1. The molecule has 314 valence electrons. The molecule has 16 heteroatoms. The summed E-state index contributed by atoms with van der Waals surface area (Å²) in [6.45, 7) is 4.08. The van der Waals surface area contributed by atoms with Gasteiger partial charge in [-0.3, -0.25) is 33.3 Å². The van der Waals surface area contributed by atoms with Crippen LogP contribution in [-0.4, -0.2) is 89.3 Å². The van der Waals surface area contributed by atoms with Crippen LogP contribution >= 0.6 is 0 Å². The molecule has 4 aliphatic carbocycles. The van der Waals surface area contributed by atoms with Crippen LogP contribution in [0.5, 0.6) is 11.8 Å². The molecule has 0 spiro atoms. The molecule has 0 unspecified atom stereocenters. The highest BCUT2D eigenvalue weighted by Crippen LogP contribution is 2.46. The molecule has 7 atom stereocenters. The number of nitrogens with one attached hydrogen (secondary N) is 2. The van der Waals surface area contributed by atoms with E-state index in [4.69, 9.17) is 19.2 Å². The van der Waals surface area contributed by atoms with Crippen LogP contribution in [0.3, 0.4) is 0 Å². The van der Waals surface area contributed by atoms with E-state index < -0.39 is 62.6 Å². The van der Waals surface area contributed by atoms with Crippen molar-refractivity contribution in [1.82, 2.24) is 24.5 Å². The number of carbonyl (C=O) groups excluding carboxylic acids is 4. The molecule has 2 bridgehead atoms. The minimum atomic E-state index is -3.92. The summed E-state index contributed by atoms with van der Waals surface area (Å²) in [5.74, 6) is -3.03. The van der Waals surface area contributed by atoms with Gasteiger partial charge in [0.15, 0.2) is 0 Å². The lowest BCUT2D eigenvalue weighted by Crippen LogP contribution is -2.57. The highest BCUT2D eigenvalue weighted by Gasteiger charge is 2.62. The van der Waals surface area contributed by atoms with Gasteiger partial charge in [0.1, 0.15) is 35.1 Å². The molecule has 3 heterocycles. The average molecular weight is 822 g/mol. The van der Waals surface area contributed by atoms with E-state index >= 15 is 0 Å². The Kier molecular flexibility index (Phi) is 11.3. The van der Waals surface area contributed by atoms with Crippen molar-refractivity contribution in [2.75, 3.05) is 13.7 Å². The quantitative estimate of drug-likeness (QED) is 0.290. The molecule has 2 aliphatic heterocycles. The first-order valence-corrected chi connectivity index (χ1v) is 22.7. The molecule has 1 saturated heterocycles. The summed E-state index contributed by atoms with van der Waals surface area (Å²) in [6.07, 6.45) is 10.7. The van der Waals surface area contributed by atoms with Crippen molar-refractivity contribution in [2.24, 2.45) is 23.7 Å². The van der Waals surface area contributed by atoms with E-state index in [2.05, 4.69) is 16.6 Å². The lowest BCUT2D eigenvalue weighted by molar-refractivity contribution is -0.156. The Labute approximate surface area is 338 Å². The van der Waals surface area contributed by atoms with Crippen LogP contribution < -0.4 is 25.1 Å². The van der Waals surface area contributed by atoms with E-state index in [0.29, 0.717) is 42.5 Å². The zero-order valence-corrected chi connectivity index (χ0v) is 34.0. The molecule has 0 radical (unpaired) electrons. The Hall–Kier alpha value is -4.47. The second-order valence-electron chi connectivity index (χ2n) is 17.3. The van der Waals surface area contributed by atoms with Gasteiger partial charge >= 0.3 is 5.97 Å². The minimum absolute atomic E-state index is 0.0141. The molecule has 3 amide bonds. The van der Waals surface area contributed by atoms with E-state index in [1.165, 1.54) is 22.7 Å². The molecule has 4 saturated carbocycles. The summed E-state index contributed by atoms with van der Waals surface area (Å²) in [7, 11) is -2.42. The minimum Gasteiger partial charge on any atom is -0.494 e. The fourth-order valence-electron chi connectivity index (χ4n) is 9.96. The number of aromatic nitrogens is 2. The van der Waals surface area contributed by atoms with Gasteiger partial charge in [-0.05, 0) is 88.2 Å². The summed E-state index contributed by atoms with van der Waals surface area (Å²) < 4.78 is 47.6. The van der Waals surface area contributed by atoms with Crippen molar-refractivity contribution >= 4 is 44.6 Å². The predicted octanol–water partition coefficient (Wildman–Crippen LogP) is 3.91. The molecule has 6 aliphatic rings. The van der Waals surface area contributed by atoms with E-state index in [-0.39, 0.29) is 61.2 Å². The van der Waals surface area contributed by atoms with Crippen molar-refractivity contribution in [3.05, 3.63) is 41.2 Å². The van der Waals surface area contributed by atoms with Gasteiger partial charge in [-0.2, -0.15) is 4.98 Å². The molecule has 15 nitrogen and oxygen atoms in total. The molecule has 2 aromatic rings. The normalized spacial score (nSPS) is 30.9. The van der Waals surface area contributed by atoms with Gasteiger partial charge in [0.2, 0.25) is 21.8 Å². The number of sulfonamides is 1. The Morgan fingerprint density at radius 1 is 0.966 bits per heavy atom. The number of fused-ring (bicyclic) bond motifs is 5. The van der Waals surface area contributed by atoms with Crippen LogP contribution in [-0.2, 0) is 40.5 Å².